The zero-order valence-corrected chi connectivity index (χ0v) is 19.5. The summed E-state index contributed by atoms with van der Waals surface area (Å²) in [6.07, 6.45) is 1.74. The number of carbonyl (C=O) groups is 2. The molecule has 0 aliphatic carbocycles. The summed E-state index contributed by atoms with van der Waals surface area (Å²) in [7, 11) is 0. The molecule has 0 fully saturated rings. The van der Waals surface area contributed by atoms with E-state index in [-0.39, 0.29) is 11.8 Å². The Labute approximate surface area is 196 Å². The lowest BCUT2D eigenvalue weighted by Crippen LogP contribution is -2.14. The highest BCUT2D eigenvalue weighted by Crippen LogP contribution is 2.31. The molecule has 2 amide bonds. The monoisotopic (exact) mass is 472 g/mol. The van der Waals surface area contributed by atoms with Gasteiger partial charge < -0.3 is 20.1 Å². The number of nitrogens with one attached hydrogen (secondary N) is 2. The van der Waals surface area contributed by atoms with Crippen molar-refractivity contribution >= 4 is 46.1 Å². The molecule has 0 unspecified atom stereocenters. The molecule has 6 nitrogen and oxygen atoms in total. The average molecular weight is 473 g/mol. The Morgan fingerprint density at radius 3 is 2.34 bits per heavy atom. The van der Waals surface area contributed by atoms with Crippen LogP contribution in [0.2, 0.25) is 5.02 Å². The molecule has 0 saturated heterocycles. The topological polar surface area (TPSA) is 76.7 Å². The summed E-state index contributed by atoms with van der Waals surface area (Å²) >= 11 is 7.55. The maximum absolute atomic E-state index is 12.8. The first kappa shape index (κ1) is 23.6. The lowest BCUT2D eigenvalue weighted by molar-refractivity contribution is 0.101. The molecule has 0 saturated carbocycles. The van der Waals surface area contributed by atoms with Crippen LogP contribution in [-0.4, -0.2) is 25.0 Å². The van der Waals surface area contributed by atoms with Crippen LogP contribution in [0.15, 0.2) is 53.9 Å². The van der Waals surface area contributed by atoms with E-state index in [1.807, 2.05) is 19.2 Å². The summed E-state index contributed by atoms with van der Waals surface area (Å²) < 4.78 is 11.5. The predicted octanol–water partition coefficient (Wildman–Crippen LogP) is 6.48. The van der Waals surface area contributed by atoms with E-state index in [2.05, 4.69) is 10.6 Å². The van der Waals surface area contributed by atoms with Gasteiger partial charge in [-0.15, -0.1) is 11.3 Å². The molecule has 2 N–H and O–H groups in total. The SMILES string of the molecule is CCCOc1ccc(NC(=O)c2ccc(Cl)c(NC(=O)c3cccs3)c2)cc1OCCC. The molecule has 3 rings (SSSR count). The lowest BCUT2D eigenvalue weighted by Gasteiger charge is -2.14. The van der Waals surface area contributed by atoms with Crippen LogP contribution in [0.1, 0.15) is 46.7 Å². The van der Waals surface area contributed by atoms with Gasteiger partial charge in [0.25, 0.3) is 11.8 Å². The molecular formula is C24H25ClN2O4S. The standard InChI is InChI=1S/C24H25ClN2O4S/c1-3-11-30-20-10-8-17(15-21(20)31-12-4-2)26-23(28)16-7-9-18(25)19(14-16)27-24(29)22-6-5-13-32-22/h5-10,13-15H,3-4,11-12H2,1-2H3,(H,26,28)(H,27,29). The molecule has 8 heteroatoms. The van der Waals surface area contributed by atoms with Crippen LogP contribution in [0.5, 0.6) is 11.5 Å². The molecule has 0 aliphatic rings. The normalized spacial score (nSPS) is 10.5. The first-order valence-electron chi connectivity index (χ1n) is 10.4. The van der Waals surface area contributed by atoms with E-state index >= 15 is 0 Å². The average Bonchev–Trinajstić information content (AvgIpc) is 3.33. The third-order valence-electron chi connectivity index (χ3n) is 4.35. The van der Waals surface area contributed by atoms with Gasteiger partial charge >= 0.3 is 0 Å². The van der Waals surface area contributed by atoms with Gasteiger partial charge in [-0.05, 0) is 54.6 Å². The Bertz CT molecular complexity index is 1070. The quantitative estimate of drug-likeness (QED) is 0.354. The molecule has 3 aromatic rings. The van der Waals surface area contributed by atoms with Gasteiger partial charge in [0.05, 0.1) is 28.8 Å². The van der Waals surface area contributed by atoms with Crippen LogP contribution in [0.25, 0.3) is 0 Å². The second-order valence-corrected chi connectivity index (χ2v) is 8.29. The van der Waals surface area contributed by atoms with Crippen LogP contribution in [0, 0.1) is 0 Å². The van der Waals surface area contributed by atoms with Crippen molar-refractivity contribution in [3.05, 3.63) is 69.4 Å². The van der Waals surface area contributed by atoms with Gasteiger partial charge in [0.1, 0.15) is 0 Å². The molecule has 32 heavy (non-hydrogen) atoms. The Morgan fingerprint density at radius 2 is 1.66 bits per heavy atom. The predicted molar refractivity (Wildman–Crippen MR) is 130 cm³/mol. The number of rotatable bonds is 10. The maximum atomic E-state index is 12.8. The van der Waals surface area contributed by atoms with Crippen LogP contribution in [-0.2, 0) is 0 Å². The van der Waals surface area contributed by atoms with Crippen LogP contribution in [0.4, 0.5) is 11.4 Å². The van der Waals surface area contributed by atoms with Crippen LogP contribution >= 0.6 is 22.9 Å². The fraction of sp³-hybridized carbons (Fsp3) is 0.250. The van der Waals surface area contributed by atoms with Gasteiger partial charge in [-0.25, -0.2) is 0 Å². The summed E-state index contributed by atoms with van der Waals surface area (Å²) in [4.78, 5) is 25.7. The number of ether oxygens (including phenoxy) is 2. The Hall–Kier alpha value is -3.03. The fourth-order valence-corrected chi connectivity index (χ4v) is 3.58. The van der Waals surface area contributed by atoms with Crippen molar-refractivity contribution in [1.82, 2.24) is 0 Å². The summed E-state index contributed by atoms with van der Waals surface area (Å²) in [5, 5.41) is 7.78. The van der Waals surface area contributed by atoms with Gasteiger partial charge in [-0.1, -0.05) is 31.5 Å². The Kier molecular flexibility index (Phi) is 8.53. The molecule has 0 aliphatic heterocycles. The third kappa shape index (κ3) is 6.24. The number of hydrogen-bond donors (Lipinski definition) is 2. The minimum absolute atomic E-state index is 0.278. The summed E-state index contributed by atoms with van der Waals surface area (Å²) in [5.74, 6) is 0.610. The van der Waals surface area contributed by atoms with E-state index in [0.717, 1.165) is 12.8 Å². The molecular weight excluding hydrogens is 448 g/mol. The van der Waals surface area contributed by atoms with Gasteiger partial charge in [0.15, 0.2) is 11.5 Å². The van der Waals surface area contributed by atoms with Gasteiger partial charge in [0, 0.05) is 17.3 Å². The second-order valence-electron chi connectivity index (χ2n) is 6.94. The Balaban J connectivity index is 1.75. The zero-order valence-electron chi connectivity index (χ0n) is 17.9. The van der Waals surface area contributed by atoms with E-state index in [9.17, 15) is 9.59 Å². The first-order valence-corrected chi connectivity index (χ1v) is 11.6. The lowest BCUT2D eigenvalue weighted by atomic mass is 10.1. The van der Waals surface area contributed by atoms with Gasteiger partial charge in [-0.2, -0.15) is 0 Å². The smallest absolute Gasteiger partial charge is 0.265 e. The summed E-state index contributed by atoms with van der Waals surface area (Å²) in [6.45, 7) is 5.18. The number of amides is 2. The minimum atomic E-state index is -0.336. The number of benzene rings is 2. The molecule has 0 atom stereocenters. The molecule has 1 heterocycles. The van der Waals surface area contributed by atoms with Crippen LogP contribution in [0.3, 0.4) is 0 Å². The van der Waals surface area contributed by atoms with Crippen molar-refractivity contribution in [2.24, 2.45) is 0 Å². The van der Waals surface area contributed by atoms with Gasteiger partial charge in [-0.3, -0.25) is 9.59 Å². The minimum Gasteiger partial charge on any atom is -0.490 e. The first-order chi connectivity index (χ1) is 15.5. The number of carbonyl (C=O) groups excluding carboxylic acids is 2. The number of hydrogen-bond acceptors (Lipinski definition) is 5. The van der Waals surface area contributed by atoms with E-state index in [0.29, 0.717) is 51.6 Å². The molecule has 1 aromatic heterocycles. The summed E-state index contributed by atoms with van der Waals surface area (Å²) in [5.41, 5.74) is 1.30. The van der Waals surface area contributed by atoms with Crippen molar-refractivity contribution in [2.45, 2.75) is 26.7 Å². The highest BCUT2D eigenvalue weighted by atomic mass is 35.5. The molecule has 168 valence electrons. The van der Waals surface area contributed by atoms with Crippen molar-refractivity contribution in [2.75, 3.05) is 23.8 Å². The van der Waals surface area contributed by atoms with E-state index in [1.165, 1.54) is 11.3 Å². The van der Waals surface area contributed by atoms with Crippen molar-refractivity contribution in [3.8, 4) is 11.5 Å². The molecule has 0 radical (unpaired) electrons. The number of anilines is 2. The highest BCUT2D eigenvalue weighted by molar-refractivity contribution is 7.12. The van der Waals surface area contributed by atoms with Gasteiger partial charge in [0.2, 0.25) is 0 Å². The van der Waals surface area contributed by atoms with Crippen LogP contribution < -0.4 is 20.1 Å². The number of thiophene rings is 1. The van der Waals surface area contributed by atoms with Crippen molar-refractivity contribution < 1.29 is 19.1 Å². The van der Waals surface area contributed by atoms with E-state index < -0.39 is 0 Å². The molecule has 0 bridgehead atoms. The fourth-order valence-electron chi connectivity index (χ4n) is 2.80. The zero-order chi connectivity index (χ0) is 22.9. The highest BCUT2D eigenvalue weighted by Gasteiger charge is 2.14. The van der Waals surface area contributed by atoms with Crippen molar-refractivity contribution in [1.29, 1.82) is 0 Å². The van der Waals surface area contributed by atoms with E-state index in [4.69, 9.17) is 21.1 Å². The Morgan fingerprint density at radius 1 is 0.906 bits per heavy atom. The maximum Gasteiger partial charge on any atom is 0.265 e. The largest absolute Gasteiger partial charge is 0.490 e. The van der Waals surface area contributed by atoms with Crippen molar-refractivity contribution in [3.63, 3.8) is 0 Å². The van der Waals surface area contributed by atoms with E-state index in [1.54, 1.807) is 48.5 Å². The summed E-state index contributed by atoms with van der Waals surface area (Å²) in [6, 6.07) is 13.5. The second kappa shape index (κ2) is 11.5. The number of halogens is 1. The molecule has 2 aromatic carbocycles. The molecule has 0 spiro atoms. The third-order valence-corrected chi connectivity index (χ3v) is 5.54.